The lowest BCUT2D eigenvalue weighted by atomic mass is 10.1. The summed E-state index contributed by atoms with van der Waals surface area (Å²) in [6, 6.07) is 13.4. The van der Waals surface area contributed by atoms with Crippen molar-refractivity contribution in [2.24, 2.45) is 5.92 Å². The number of rotatable bonds is 9. The van der Waals surface area contributed by atoms with Gasteiger partial charge in [0.1, 0.15) is 11.6 Å². The first-order valence-electron chi connectivity index (χ1n) is 9.63. The molecule has 0 amide bonds. The minimum atomic E-state index is -0.138. The summed E-state index contributed by atoms with van der Waals surface area (Å²) in [6.45, 7) is 4.64. The Kier molecular flexibility index (Phi) is 6.97. The molecule has 0 aliphatic heterocycles. The fourth-order valence-electron chi connectivity index (χ4n) is 2.89. The molecule has 1 aromatic carbocycles. The number of benzene rings is 1. The molecule has 0 bridgehead atoms. The summed E-state index contributed by atoms with van der Waals surface area (Å²) < 4.78 is 5.42. The van der Waals surface area contributed by atoms with Crippen molar-refractivity contribution in [1.82, 2.24) is 15.0 Å². The zero-order valence-electron chi connectivity index (χ0n) is 17.0. The number of aromatic nitrogens is 3. The molecule has 2 heterocycles. The third-order valence-corrected chi connectivity index (χ3v) is 4.65. The summed E-state index contributed by atoms with van der Waals surface area (Å²) in [5.41, 5.74) is 2.67. The van der Waals surface area contributed by atoms with Gasteiger partial charge in [-0.3, -0.25) is 4.98 Å². The van der Waals surface area contributed by atoms with Crippen LogP contribution in [-0.2, 0) is 6.54 Å². The van der Waals surface area contributed by atoms with Crippen LogP contribution in [0.15, 0.2) is 54.9 Å². The number of pyridine rings is 1. The van der Waals surface area contributed by atoms with Crippen LogP contribution >= 0.6 is 0 Å². The first-order valence-corrected chi connectivity index (χ1v) is 9.63. The van der Waals surface area contributed by atoms with Crippen LogP contribution in [0.5, 0.6) is 5.75 Å². The maximum absolute atomic E-state index is 9.67. The molecule has 0 radical (unpaired) electrons. The maximum Gasteiger partial charge on any atom is 0.225 e. The Hall–Kier alpha value is -3.19. The molecule has 1 atom stereocenters. The first kappa shape index (κ1) is 20.5. The van der Waals surface area contributed by atoms with Gasteiger partial charge in [-0.15, -0.1) is 0 Å². The molecule has 0 unspecified atom stereocenters. The normalized spacial score (nSPS) is 11.9. The fraction of sp³-hybridized carbons (Fsp3) is 0.318. The Morgan fingerprint density at radius 2 is 1.93 bits per heavy atom. The molecule has 7 nitrogen and oxygen atoms in total. The molecule has 3 N–H and O–H groups in total. The van der Waals surface area contributed by atoms with Gasteiger partial charge >= 0.3 is 0 Å². The van der Waals surface area contributed by atoms with E-state index in [2.05, 4.69) is 25.6 Å². The number of methoxy groups -OCH3 is 1. The number of hydrogen-bond acceptors (Lipinski definition) is 7. The number of aliphatic hydroxyl groups excluding tert-OH is 1. The van der Waals surface area contributed by atoms with Crippen LogP contribution < -0.4 is 15.4 Å². The van der Waals surface area contributed by atoms with Gasteiger partial charge in [0.05, 0.1) is 25.5 Å². The summed E-state index contributed by atoms with van der Waals surface area (Å²) in [5.74, 6) is 2.19. The second-order valence-corrected chi connectivity index (χ2v) is 7.05. The van der Waals surface area contributed by atoms with Crippen molar-refractivity contribution >= 4 is 11.8 Å². The molecule has 29 heavy (non-hydrogen) atoms. The smallest absolute Gasteiger partial charge is 0.225 e. The van der Waals surface area contributed by atoms with E-state index in [1.54, 1.807) is 19.5 Å². The Balaban J connectivity index is 1.89. The zero-order chi connectivity index (χ0) is 20.6. The van der Waals surface area contributed by atoms with Crippen LogP contribution in [0, 0.1) is 5.92 Å². The summed E-state index contributed by atoms with van der Waals surface area (Å²) >= 11 is 0. The highest BCUT2D eigenvalue weighted by Crippen LogP contribution is 2.23. The maximum atomic E-state index is 9.67. The van der Waals surface area contributed by atoms with Crippen molar-refractivity contribution < 1.29 is 9.84 Å². The highest BCUT2D eigenvalue weighted by Gasteiger charge is 2.15. The van der Waals surface area contributed by atoms with Crippen LogP contribution in [-0.4, -0.2) is 39.8 Å². The van der Waals surface area contributed by atoms with Gasteiger partial charge in [-0.1, -0.05) is 32.0 Å². The Morgan fingerprint density at radius 3 is 2.62 bits per heavy atom. The largest absolute Gasteiger partial charge is 0.496 e. The number of anilines is 2. The molecule has 7 heteroatoms. The lowest BCUT2D eigenvalue weighted by Crippen LogP contribution is -2.30. The number of nitrogens with zero attached hydrogens (tertiary/aromatic N) is 3. The van der Waals surface area contributed by atoms with Gasteiger partial charge in [0.15, 0.2) is 0 Å². The van der Waals surface area contributed by atoms with Crippen molar-refractivity contribution in [3.8, 4) is 17.0 Å². The SMILES string of the molecule is COc1ccccc1CNc1cc(-c2cccnc2)nc(N[C@H](CO)C(C)C)n1. The van der Waals surface area contributed by atoms with E-state index in [9.17, 15) is 5.11 Å². The second-order valence-electron chi connectivity index (χ2n) is 7.05. The van der Waals surface area contributed by atoms with E-state index >= 15 is 0 Å². The van der Waals surface area contributed by atoms with Crippen LogP contribution in [0.4, 0.5) is 11.8 Å². The summed E-state index contributed by atoms with van der Waals surface area (Å²) in [5, 5.41) is 16.3. The van der Waals surface area contributed by atoms with E-state index in [1.807, 2.05) is 56.3 Å². The average molecular weight is 393 g/mol. The fourth-order valence-corrected chi connectivity index (χ4v) is 2.89. The molecule has 3 rings (SSSR count). The van der Waals surface area contributed by atoms with Crippen LogP contribution in [0.2, 0.25) is 0 Å². The predicted octanol–water partition coefficient (Wildman–Crippen LogP) is 3.59. The van der Waals surface area contributed by atoms with E-state index in [1.165, 1.54) is 0 Å². The minimum Gasteiger partial charge on any atom is -0.496 e. The Morgan fingerprint density at radius 1 is 1.10 bits per heavy atom. The van der Waals surface area contributed by atoms with Crippen LogP contribution in [0.25, 0.3) is 11.3 Å². The predicted molar refractivity (Wildman–Crippen MR) is 115 cm³/mol. The van der Waals surface area contributed by atoms with Gasteiger partial charge in [-0.05, 0) is 24.1 Å². The Labute approximate surface area is 171 Å². The van der Waals surface area contributed by atoms with Gasteiger partial charge in [0, 0.05) is 36.1 Å². The Bertz CT molecular complexity index is 918. The van der Waals surface area contributed by atoms with Gasteiger partial charge in [0.25, 0.3) is 0 Å². The topological polar surface area (TPSA) is 92.2 Å². The van der Waals surface area contributed by atoms with Crippen molar-refractivity contribution in [2.45, 2.75) is 26.4 Å². The molecule has 0 aliphatic rings. The number of ether oxygens (including phenoxy) is 1. The van der Waals surface area contributed by atoms with E-state index in [4.69, 9.17) is 4.74 Å². The molecule has 2 aromatic heterocycles. The van der Waals surface area contributed by atoms with E-state index in [0.29, 0.717) is 18.3 Å². The van der Waals surface area contributed by atoms with Crippen molar-refractivity contribution in [3.05, 3.63) is 60.4 Å². The highest BCUT2D eigenvalue weighted by molar-refractivity contribution is 5.63. The molecule has 152 valence electrons. The van der Waals surface area contributed by atoms with E-state index in [-0.39, 0.29) is 18.6 Å². The molecule has 0 fully saturated rings. The quantitative estimate of drug-likeness (QED) is 0.512. The van der Waals surface area contributed by atoms with E-state index in [0.717, 1.165) is 22.6 Å². The highest BCUT2D eigenvalue weighted by atomic mass is 16.5. The first-order chi connectivity index (χ1) is 14.1. The third kappa shape index (κ3) is 5.42. The standard InChI is InChI=1S/C22H27N5O2/c1-15(2)19(14-28)26-22-25-18(16-8-6-10-23-12-16)11-21(27-22)24-13-17-7-4-5-9-20(17)29-3/h4-12,15,19,28H,13-14H2,1-3H3,(H2,24,25,26,27)/t19-/m1/s1. The van der Waals surface area contributed by atoms with E-state index < -0.39 is 0 Å². The number of nitrogens with one attached hydrogen (secondary N) is 2. The van der Waals surface area contributed by atoms with Crippen LogP contribution in [0.3, 0.4) is 0 Å². The van der Waals surface area contributed by atoms with Crippen molar-refractivity contribution in [3.63, 3.8) is 0 Å². The lowest BCUT2D eigenvalue weighted by Gasteiger charge is -2.20. The van der Waals surface area contributed by atoms with Crippen LogP contribution in [0.1, 0.15) is 19.4 Å². The molecular weight excluding hydrogens is 366 g/mol. The van der Waals surface area contributed by atoms with Gasteiger partial charge in [-0.25, -0.2) is 4.98 Å². The number of aliphatic hydroxyl groups is 1. The summed E-state index contributed by atoms with van der Waals surface area (Å²) in [4.78, 5) is 13.4. The molecule has 0 spiro atoms. The number of hydrogen-bond donors (Lipinski definition) is 3. The zero-order valence-corrected chi connectivity index (χ0v) is 17.0. The monoisotopic (exact) mass is 393 g/mol. The van der Waals surface area contributed by atoms with Gasteiger partial charge in [-0.2, -0.15) is 4.98 Å². The number of para-hydroxylation sites is 1. The molecular formula is C22H27N5O2. The minimum absolute atomic E-state index is 0.00211. The molecule has 0 saturated carbocycles. The average Bonchev–Trinajstić information content (AvgIpc) is 2.76. The molecule has 0 aliphatic carbocycles. The molecule has 0 saturated heterocycles. The third-order valence-electron chi connectivity index (χ3n) is 4.65. The lowest BCUT2D eigenvalue weighted by molar-refractivity contribution is 0.248. The summed E-state index contributed by atoms with van der Waals surface area (Å²) in [6.07, 6.45) is 3.49. The van der Waals surface area contributed by atoms with Crippen molar-refractivity contribution in [2.75, 3.05) is 24.4 Å². The summed E-state index contributed by atoms with van der Waals surface area (Å²) in [7, 11) is 1.66. The second kappa shape index (κ2) is 9.84. The molecule has 3 aromatic rings. The van der Waals surface area contributed by atoms with Gasteiger partial charge in [0.2, 0.25) is 5.95 Å². The van der Waals surface area contributed by atoms with Crippen molar-refractivity contribution in [1.29, 1.82) is 0 Å². The van der Waals surface area contributed by atoms with Gasteiger partial charge < -0.3 is 20.5 Å².